The van der Waals surface area contributed by atoms with E-state index in [2.05, 4.69) is 55.6 Å². The number of carbonyl (C=O) groups is 1. The Labute approximate surface area is 397 Å². The number of rotatable bonds is 49. The van der Waals surface area contributed by atoms with Crippen molar-refractivity contribution in [2.24, 2.45) is 0 Å². The van der Waals surface area contributed by atoms with Crippen molar-refractivity contribution in [1.29, 1.82) is 0 Å². The van der Waals surface area contributed by atoms with Crippen LogP contribution in [0.1, 0.15) is 245 Å². The molecule has 0 rings (SSSR count). The lowest BCUT2D eigenvalue weighted by Crippen LogP contribution is -2.45. The lowest BCUT2D eigenvalue weighted by Gasteiger charge is -2.29. The maximum absolute atomic E-state index is 12.9. The number of aliphatic hydroxyl groups excluding tert-OH is 1. The van der Waals surface area contributed by atoms with Gasteiger partial charge < -0.3 is 28.8 Å². The number of hydrogen-bond acceptors (Lipinski definition) is 6. The molecule has 0 fully saturated rings. The number of allylic oxidation sites excluding steroid dienone is 7. The topological polar surface area (TPSA) is 108 Å². The molecular weight excluding hydrogens is 816 g/mol. The average Bonchev–Trinajstić information content (AvgIpc) is 3.25. The second-order valence-electron chi connectivity index (χ2n) is 19.6. The highest BCUT2D eigenvalue weighted by Gasteiger charge is 2.23. The summed E-state index contributed by atoms with van der Waals surface area (Å²) in [5.74, 6) is -0.207. The van der Waals surface area contributed by atoms with E-state index >= 15 is 0 Å². The fraction of sp³-hybridized carbons (Fsp3) is 0.836. The minimum Gasteiger partial charge on any atom is -0.756 e. The normalized spacial score (nSPS) is 14.4. The van der Waals surface area contributed by atoms with E-state index in [9.17, 15) is 19.4 Å². The second kappa shape index (κ2) is 46.6. The fourth-order valence-corrected chi connectivity index (χ4v) is 8.45. The summed E-state index contributed by atoms with van der Waals surface area (Å²) in [6, 6.07) is -0.901. The first-order valence-corrected chi connectivity index (χ1v) is 28.5. The Bertz CT molecular complexity index is 1180. The van der Waals surface area contributed by atoms with Crippen LogP contribution in [-0.4, -0.2) is 68.5 Å². The predicted molar refractivity (Wildman–Crippen MR) is 274 cm³/mol. The van der Waals surface area contributed by atoms with Crippen LogP contribution >= 0.6 is 7.82 Å². The van der Waals surface area contributed by atoms with Gasteiger partial charge in [0.05, 0.1) is 39.9 Å². The van der Waals surface area contributed by atoms with Crippen LogP contribution in [0.5, 0.6) is 0 Å². The number of nitrogens with one attached hydrogen (secondary N) is 1. The zero-order valence-corrected chi connectivity index (χ0v) is 43.6. The highest BCUT2D eigenvalue weighted by molar-refractivity contribution is 7.45. The average molecular weight is 921 g/mol. The van der Waals surface area contributed by atoms with Gasteiger partial charge in [-0.2, -0.15) is 0 Å². The Morgan fingerprint density at radius 3 is 1.36 bits per heavy atom. The summed E-state index contributed by atoms with van der Waals surface area (Å²) in [5, 5.41) is 13.8. The first kappa shape index (κ1) is 62.5. The molecule has 0 heterocycles. The van der Waals surface area contributed by atoms with Crippen molar-refractivity contribution in [3.8, 4) is 0 Å². The van der Waals surface area contributed by atoms with Crippen LogP contribution in [0.3, 0.4) is 0 Å². The zero-order chi connectivity index (χ0) is 47.1. The summed E-state index contributed by atoms with van der Waals surface area (Å²) in [7, 11) is 1.25. The Morgan fingerprint density at radius 2 is 0.922 bits per heavy atom. The van der Waals surface area contributed by atoms with Crippen molar-refractivity contribution in [2.45, 2.75) is 257 Å². The first-order chi connectivity index (χ1) is 31.0. The molecule has 0 aromatic rings. The van der Waals surface area contributed by atoms with Crippen LogP contribution in [0, 0.1) is 0 Å². The third-order valence-electron chi connectivity index (χ3n) is 12.0. The van der Waals surface area contributed by atoms with Crippen molar-refractivity contribution in [1.82, 2.24) is 5.32 Å². The van der Waals surface area contributed by atoms with Crippen LogP contribution in [0.25, 0.3) is 0 Å². The summed E-state index contributed by atoms with van der Waals surface area (Å²) in [6.07, 6.45) is 60.6. The number of phosphoric acid groups is 1. The molecule has 0 aromatic heterocycles. The Balaban J connectivity index is 4.03. The van der Waals surface area contributed by atoms with Crippen molar-refractivity contribution < 1.29 is 32.9 Å². The number of amides is 1. The van der Waals surface area contributed by atoms with Crippen molar-refractivity contribution in [3.05, 3.63) is 48.6 Å². The molecular formula is C55H105N2O6P. The number of nitrogens with zero attached hydrogens (tertiary/aromatic N) is 1. The van der Waals surface area contributed by atoms with Gasteiger partial charge in [0.15, 0.2) is 0 Å². The molecule has 3 unspecified atom stereocenters. The Hall–Kier alpha value is -1.54. The van der Waals surface area contributed by atoms with E-state index in [0.29, 0.717) is 17.4 Å². The van der Waals surface area contributed by atoms with Crippen molar-refractivity contribution >= 4 is 13.7 Å². The van der Waals surface area contributed by atoms with Gasteiger partial charge in [-0.15, -0.1) is 0 Å². The van der Waals surface area contributed by atoms with E-state index in [1.165, 1.54) is 180 Å². The monoisotopic (exact) mass is 921 g/mol. The molecule has 0 aliphatic heterocycles. The fourth-order valence-electron chi connectivity index (χ4n) is 7.73. The molecule has 0 radical (unpaired) electrons. The van der Waals surface area contributed by atoms with Gasteiger partial charge in [0.2, 0.25) is 5.91 Å². The van der Waals surface area contributed by atoms with E-state index in [1.54, 1.807) is 6.08 Å². The Morgan fingerprint density at radius 1 is 0.547 bits per heavy atom. The standard InChI is InChI=1S/C55H105N2O6P/c1-6-8-10-12-14-16-18-19-20-21-22-23-24-25-26-27-28-29-30-31-32-33-34-35-36-37-39-41-43-45-47-49-55(59)56-53(52-63-64(60,61)62-51-50-57(3,4)5)54(58)48-46-44-42-40-38-17-15-13-11-9-7-2/h18-19,21-22,38,40,46,48,53-54,58H,6-17,20,23-37,39,41-45,47,49-52H2,1-5H3,(H-,56,59,60,61)/b19-18-,22-21-,40-38+,48-46+. The highest BCUT2D eigenvalue weighted by atomic mass is 31.2. The number of likely N-dealkylation sites (N-methyl/N-ethyl adjacent to an activating group) is 1. The number of quaternary nitrogens is 1. The summed E-state index contributed by atoms with van der Waals surface area (Å²) >= 11 is 0. The van der Waals surface area contributed by atoms with Gasteiger partial charge in [0.25, 0.3) is 7.82 Å². The van der Waals surface area contributed by atoms with Crippen LogP contribution < -0.4 is 10.2 Å². The molecule has 3 atom stereocenters. The summed E-state index contributed by atoms with van der Waals surface area (Å²) < 4.78 is 23.2. The molecule has 1 amide bonds. The minimum absolute atomic E-state index is 0.00622. The van der Waals surface area contributed by atoms with Gasteiger partial charge in [0, 0.05) is 6.42 Å². The van der Waals surface area contributed by atoms with Crippen molar-refractivity contribution in [3.63, 3.8) is 0 Å². The van der Waals surface area contributed by atoms with Gasteiger partial charge in [-0.3, -0.25) is 9.36 Å². The molecule has 0 aromatic carbocycles. The number of phosphoric ester groups is 1. The highest BCUT2D eigenvalue weighted by Crippen LogP contribution is 2.38. The second-order valence-corrected chi connectivity index (χ2v) is 21.0. The molecule has 0 aliphatic rings. The van der Waals surface area contributed by atoms with Gasteiger partial charge in [-0.05, 0) is 64.2 Å². The number of aliphatic hydroxyl groups is 1. The summed E-state index contributed by atoms with van der Waals surface area (Å²) in [4.78, 5) is 25.4. The molecule has 9 heteroatoms. The maximum Gasteiger partial charge on any atom is 0.268 e. The van der Waals surface area contributed by atoms with Gasteiger partial charge in [-0.25, -0.2) is 0 Å². The van der Waals surface area contributed by atoms with Crippen molar-refractivity contribution in [2.75, 3.05) is 40.9 Å². The Kier molecular flexibility index (Phi) is 45.4. The lowest BCUT2D eigenvalue weighted by molar-refractivity contribution is -0.870. The third-order valence-corrected chi connectivity index (χ3v) is 13.0. The first-order valence-electron chi connectivity index (χ1n) is 27.0. The van der Waals surface area contributed by atoms with E-state index in [4.69, 9.17) is 9.05 Å². The van der Waals surface area contributed by atoms with Gasteiger partial charge in [0.1, 0.15) is 13.2 Å². The molecule has 0 saturated carbocycles. The maximum atomic E-state index is 12.9. The van der Waals surface area contributed by atoms with E-state index in [1.807, 2.05) is 27.2 Å². The molecule has 0 saturated heterocycles. The number of unbranched alkanes of at least 4 members (excludes halogenated alkanes) is 30. The largest absolute Gasteiger partial charge is 0.756 e. The van der Waals surface area contributed by atoms with E-state index < -0.39 is 26.6 Å². The molecule has 0 bridgehead atoms. The van der Waals surface area contributed by atoms with Crippen LogP contribution in [0.15, 0.2) is 48.6 Å². The van der Waals surface area contributed by atoms with Crippen LogP contribution in [0.2, 0.25) is 0 Å². The molecule has 0 aliphatic carbocycles. The quantitative estimate of drug-likeness (QED) is 0.0272. The van der Waals surface area contributed by atoms with Gasteiger partial charge >= 0.3 is 0 Å². The van der Waals surface area contributed by atoms with E-state index in [-0.39, 0.29) is 12.5 Å². The van der Waals surface area contributed by atoms with Gasteiger partial charge in [-0.1, -0.05) is 223 Å². The number of carbonyl (C=O) groups excluding carboxylic acids is 1. The lowest BCUT2D eigenvalue weighted by atomic mass is 10.0. The molecule has 0 spiro atoms. The van der Waals surface area contributed by atoms with Crippen LogP contribution in [0.4, 0.5) is 0 Å². The smallest absolute Gasteiger partial charge is 0.268 e. The van der Waals surface area contributed by atoms with E-state index in [0.717, 1.165) is 44.9 Å². The molecule has 2 N–H and O–H groups in total. The minimum atomic E-state index is -4.60. The molecule has 64 heavy (non-hydrogen) atoms. The number of hydrogen-bond donors (Lipinski definition) is 2. The SMILES string of the molecule is CCCCCCC/C=C\C/C=C\CCCCCCCCCCCCCCCCCCCCCC(=O)NC(COP(=O)([O-])OCC[N+](C)(C)C)C(O)/C=C/CC/C=C/CCCCCCC. The molecule has 8 nitrogen and oxygen atoms in total. The predicted octanol–water partition coefficient (Wildman–Crippen LogP) is 15.3. The summed E-state index contributed by atoms with van der Waals surface area (Å²) in [6.45, 7) is 4.60. The third kappa shape index (κ3) is 48.4. The van der Waals surface area contributed by atoms with Crippen LogP contribution in [-0.2, 0) is 18.4 Å². The zero-order valence-electron chi connectivity index (χ0n) is 42.7. The summed E-state index contributed by atoms with van der Waals surface area (Å²) in [5.41, 5.74) is 0. The molecule has 376 valence electrons.